The van der Waals surface area contributed by atoms with Gasteiger partial charge in [0.05, 0.1) is 14.2 Å². The van der Waals surface area contributed by atoms with Crippen LogP contribution in [0.25, 0.3) is 15.3 Å². The number of rotatable bonds is 11. The molecule has 0 atom stereocenters. The molecule has 2 aliphatic carbocycles. The van der Waals surface area contributed by atoms with Crippen LogP contribution in [0.2, 0.25) is 0 Å². The Bertz CT molecular complexity index is 1670. The van der Waals surface area contributed by atoms with Crippen molar-refractivity contribution >= 4 is 33.3 Å². The zero-order chi connectivity index (χ0) is 40.1. The number of sulfonamides is 2. The molecule has 4 rings (SSSR count). The average molecular weight is 1010 g/mol. The topological polar surface area (TPSA) is 101 Å². The molecule has 312 valence electrons. The van der Waals surface area contributed by atoms with Crippen LogP contribution >= 0.6 is 7.92 Å². The summed E-state index contributed by atoms with van der Waals surface area (Å²) >= 11 is 0. The first-order valence-electron chi connectivity index (χ1n) is 18.1. The molecule has 2 fully saturated rings. The van der Waals surface area contributed by atoms with Crippen LogP contribution in [-0.4, -0.2) is 53.4 Å². The fraction of sp³-hybridized carbons (Fsp3) is 0.676. The third-order valence-corrected chi connectivity index (χ3v) is 16.2. The summed E-state index contributed by atoms with van der Waals surface area (Å²) in [6, 6.07) is 9.40. The molecule has 7 nitrogen and oxygen atoms in total. The van der Waals surface area contributed by atoms with Gasteiger partial charge in [-0.15, -0.1) is 0 Å². The first-order valence-corrected chi connectivity index (χ1v) is 22.4. The Morgan fingerprint density at radius 1 is 0.630 bits per heavy atom. The van der Waals surface area contributed by atoms with E-state index in [1.165, 1.54) is 97.3 Å². The van der Waals surface area contributed by atoms with Crippen molar-refractivity contribution in [2.24, 2.45) is 0 Å². The Morgan fingerprint density at radius 3 is 1.31 bits per heavy atom. The molecular formula is C37H53AuF6NO6PS2. The first-order chi connectivity index (χ1) is 24.5. The van der Waals surface area contributed by atoms with Gasteiger partial charge in [-0.1, -0.05) is 100 Å². The molecule has 2 aromatic carbocycles. The molecule has 2 aromatic rings. The van der Waals surface area contributed by atoms with Gasteiger partial charge in [0.1, 0.15) is 11.5 Å². The normalized spacial score (nSPS) is 16.7. The van der Waals surface area contributed by atoms with Gasteiger partial charge in [0.25, 0.3) is 0 Å². The third kappa shape index (κ3) is 11.6. The Labute approximate surface area is 334 Å². The summed E-state index contributed by atoms with van der Waals surface area (Å²) in [5.41, 5.74) is -3.64. The van der Waals surface area contributed by atoms with Crippen molar-refractivity contribution in [1.29, 1.82) is 0 Å². The maximum absolute atomic E-state index is 11.4. The van der Waals surface area contributed by atoms with E-state index in [9.17, 15) is 43.2 Å². The van der Waals surface area contributed by atoms with Gasteiger partial charge in [0.2, 0.25) is 0 Å². The number of benzene rings is 2. The fourth-order valence-electron chi connectivity index (χ4n) is 7.23. The summed E-state index contributed by atoms with van der Waals surface area (Å²) < 4.78 is 122. The molecule has 0 radical (unpaired) electrons. The predicted octanol–water partition coefficient (Wildman–Crippen LogP) is 11.6. The predicted molar refractivity (Wildman–Crippen MR) is 201 cm³/mol. The van der Waals surface area contributed by atoms with Crippen molar-refractivity contribution in [1.82, 2.24) is 0 Å². The molecule has 0 saturated heterocycles. The van der Waals surface area contributed by atoms with Crippen molar-refractivity contribution < 1.29 is 75.0 Å². The summed E-state index contributed by atoms with van der Waals surface area (Å²) in [5, 5.41) is 1.52. The van der Waals surface area contributed by atoms with E-state index in [1.807, 2.05) is 14.2 Å². The maximum atomic E-state index is 11.4. The Balaban J connectivity index is 0.000000536. The molecule has 17 heteroatoms. The van der Waals surface area contributed by atoms with Gasteiger partial charge in [0, 0.05) is 10.9 Å². The standard InChI is InChI=1S/C35H53O2P.C2F6NO4S2.Au/c1-23(2)26-21-29(24(3)4)33(30(22-26)25(5)6)34-31(36-7)19-20-32(37-8)35(34)38(27-15-11-9-12-16-27)28-17-13-10-14-18-28;3-1(4,5)14(10,11)9-15(12,13)2(6,7)8;/h19-25,27-28H,9-18H2,1-8H3;;/q;-1;+1. The third-order valence-electron chi connectivity index (χ3n) is 9.90. The summed E-state index contributed by atoms with van der Waals surface area (Å²) in [5.74, 6) is 3.50. The number of methoxy groups -OCH3 is 2. The van der Waals surface area contributed by atoms with Crippen molar-refractivity contribution in [3.8, 4) is 22.6 Å². The van der Waals surface area contributed by atoms with E-state index in [2.05, 4.69) is 65.8 Å². The van der Waals surface area contributed by atoms with Crippen LogP contribution in [0.3, 0.4) is 0 Å². The van der Waals surface area contributed by atoms with E-state index in [1.54, 1.807) is 0 Å². The zero-order valence-electron chi connectivity index (χ0n) is 32.0. The SMILES string of the molecule is COc1ccc(OC)c(P(C2CCCCC2)C2CCCCC2)c1-c1c(C(C)C)cc(C(C)C)cc1C(C)C.O=S(=O)([N-]S(=O)(=O)C(F)(F)F)C(F)(F)F.[Au+]. The van der Waals surface area contributed by atoms with E-state index in [-0.39, 0.29) is 30.3 Å². The maximum Gasteiger partial charge on any atom is 1.00 e. The molecule has 0 bridgehead atoms. The molecule has 2 saturated carbocycles. The Hall–Kier alpha value is -1.35. The second kappa shape index (κ2) is 19.9. The summed E-state index contributed by atoms with van der Waals surface area (Å²) in [7, 11) is -10.1. The van der Waals surface area contributed by atoms with Crippen LogP contribution in [0.5, 0.6) is 11.5 Å². The van der Waals surface area contributed by atoms with Gasteiger partial charge in [0.15, 0.2) is 20.0 Å². The minimum Gasteiger partial charge on any atom is -0.496 e. The van der Waals surface area contributed by atoms with E-state index in [0.717, 1.165) is 26.9 Å². The first kappa shape index (κ1) is 48.8. The van der Waals surface area contributed by atoms with Crippen LogP contribution in [-0.2, 0) is 42.4 Å². The second-order valence-electron chi connectivity index (χ2n) is 14.6. The molecule has 54 heavy (non-hydrogen) atoms. The molecule has 0 aliphatic heterocycles. The molecule has 0 spiro atoms. The van der Waals surface area contributed by atoms with Gasteiger partial charge in [-0.3, -0.25) is 0 Å². The minimum absolute atomic E-state index is 0. The summed E-state index contributed by atoms with van der Waals surface area (Å²) in [4.78, 5) is 0. The smallest absolute Gasteiger partial charge is 0.496 e. The summed E-state index contributed by atoms with van der Waals surface area (Å²) in [6.45, 7) is 14.1. The van der Waals surface area contributed by atoms with Crippen LogP contribution in [0.1, 0.15) is 140 Å². The minimum atomic E-state index is -6.72. The number of hydrogen-bond donors (Lipinski definition) is 0. The van der Waals surface area contributed by atoms with Crippen molar-refractivity contribution in [3.63, 3.8) is 0 Å². The molecular weight excluding hydrogens is 960 g/mol. The van der Waals surface area contributed by atoms with Gasteiger partial charge in [-0.25, -0.2) is 16.8 Å². The van der Waals surface area contributed by atoms with Crippen LogP contribution in [0, 0.1) is 0 Å². The number of halogens is 6. The second-order valence-corrected chi connectivity index (χ2v) is 20.8. The largest absolute Gasteiger partial charge is 1.00 e. The quantitative estimate of drug-likeness (QED) is 0.126. The Morgan fingerprint density at radius 2 is 1.00 bits per heavy atom. The zero-order valence-corrected chi connectivity index (χ0v) is 36.7. The number of ether oxygens (including phenoxy) is 2. The summed E-state index contributed by atoms with van der Waals surface area (Å²) in [6.07, 6.45) is 13.8. The van der Waals surface area contributed by atoms with Crippen LogP contribution in [0.15, 0.2) is 24.3 Å². The molecule has 0 N–H and O–H groups in total. The number of alkyl halides is 6. The van der Waals surface area contributed by atoms with E-state index >= 15 is 0 Å². The van der Waals surface area contributed by atoms with E-state index < -0.39 is 31.1 Å². The Kier molecular flexibility index (Phi) is 18.0. The van der Waals surface area contributed by atoms with Gasteiger partial charge >= 0.3 is 33.4 Å². The molecule has 0 unspecified atom stereocenters. The van der Waals surface area contributed by atoms with Crippen molar-refractivity contribution in [2.75, 3.05) is 14.2 Å². The molecule has 0 aromatic heterocycles. The number of nitrogens with zero attached hydrogens (tertiary/aromatic N) is 1. The fourth-order valence-corrected chi connectivity index (χ4v) is 13.0. The van der Waals surface area contributed by atoms with E-state index in [4.69, 9.17) is 9.47 Å². The monoisotopic (exact) mass is 1010 g/mol. The van der Waals surface area contributed by atoms with Crippen LogP contribution < -0.4 is 14.8 Å². The van der Waals surface area contributed by atoms with Gasteiger partial charge in [-0.05, 0) is 89.1 Å². The van der Waals surface area contributed by atoms with E-state index in [0.29, 0.717) is 17.8 Å². The van der Waals surface area contributed by atoms with Gasteiger partial charge < -0.3 is 13.6 Å². The van der Waals surface area contributed by atoms with Gasteiger partial charge in [-0.2, -0.15) is 26.3 Å². The number of hydrogen-bond acceptors (Lipinski definition) is 6. The molecule has 0 amide bonds. The average Bonchev–Trinajstić information content (AvgIpc) is 3.07. The van der Waals surface area contributed by atoms with Crippen molar-refractivity contribution in [2.45, 2.75) is 146 Å². The van der Waals surface area contributed by atoms with Crippen LogP contribution in [0.4, 0.5) is 26.3 Å². The van der Waals surface area contributed by atoms with Crippen molar-refractivity contribution in [3.05, 3.63) is 45.1 Å². The molecule has 0 heterocycles. The molecule has 2 aliphatic rings.